The summed E-state index contributed by atoms with van der Waals surface area (Å²) in [5, 5.41) is 2.05. The van der Waals surface area contributed by atoms with Gasteiger partial charge in [-0.25, -0.2) is 0 Å². The van der Waals surface area contributed by atoms with Crippen molar-refractivity contribution >= 4 is 11.3 Å². The highest BCUT2D eigenvalue weighted by Crippen LogP contribution is 2.13. The molecule has 0 fully saturated rings. The van der Waals surface area contributed by atoms with Crippen LogP contribution in [-0.2, 0) is 0 Å². The van der Waals surface area contributed by atoms with Crippen molar-refractivity contribution in [3.63, 3.8) is 0 Å². The van der Waals surface area contributed by atoms with E-state index in [9.17, 15) is 0 Å². The van der Waals surface area contributed by atoms with Crippen LogP contribution in [0.3, 0.4) is 0 Å². The minimum Gasteiger partial charge on any atom is -0.318 e. The third-order valence-electron chi connectivity index (χ3n) is 1.69. The molecule has 1 heterocycles. The van der Waals surface area contributed by atoms with Crippen LogP contribution >= 0.6 is 11.3 Å². The van der Waals surface area contributed by atoms with Crippen LogP contribution in [-0.4, -0.2) is 6.04 Å². The van der Waals surface area contributed by atoms with E-state index in [1.54, 1.807) is 11.3 Å². The zero-order chi connectivity index (χ0) is 8.97. The molecule has 1 rings (SSSR count). The zero-order valence-electron chi connectivity index (χ0n) is 7.42. The molecule has 0 aliphatic heterocycles. The molecule has 1 atom stereocenters. The van der Waals surface area contributed by atoms with Crippen LogP contribution in [0, 0.1) is 18.8 Å². The van der Waals surface area contributed by atoms with Crippen LogP contribution in [0.2, 0.25) is 0 Å². The summed E-state index contributed by atoms with van der Waals surface area (Å²) in [6, 6.07) is 2.05. The lowest BCUT2D eigenvalue weighted by Gasteiger charge is -1.94. The van der Waals surface area contributed by atoms with E-state index >= 15 is 0 Å². The van der Waals surface area contributed by atoms with Gasteiger partial charge < -0.3 is 5.73 Å². The molecule has 1 unspecified atom stereocenters. The number of hydrogen-bond donors (Lipinski definition) is 1. The van der Waals surface area contributed by atoms with E-state index in [0.29, 0.717) is 0 Å². The quantitative estimate of drug-likeness (QED) is 0.657. The van der Waals surface area contributed by atoms with Gasteiger partial charge in [-0.1, -0.05) is 18.8 Å². The van der Waals surface area contributed by atoms with Gasteiger partial charge >= 0.3 is 0 Å². The minimum absolute atomic E-state index is 0.0179. The highest BCUT2D eigenvalue weighted by molar-refractivity contribution is 7.10. The van der Waals surface area contributed by atoms with Crippen LogP contribution in [0.5, 0.6) is 0 Å². The van der Waals surface area contributed by atoms with Crippen molar-refractivity contribution in [2.45, 2.75) is 26.3 Å². The number of rotatable bonds is 1. The summed E-state index contributed by atoms with van der Waals surface area (Å²) in [5.74, 6) is 6.09. The first kappa shape index (κ1) is 9.31. The lowest BCUT2D eigenvalue weighted by Crippen LogP contribution is -2.15. The van der Waals surface area contributed by atoms with Crippen LogP contribution in [0.1, 0.15) is 23.8 Å². The fraction of sp³-hybridized carbons (Fsp3) is 0.400. The molecule has 0 bridgehead atoms. The van der Waals surface area contributed by atoms with E-state index in [0.717, 1.165) is 12.0 Å². The molecule has 1 aromatic rings. The molecule has 0 saturated carbocycles. The molecule has 12 heavy (non-hydrogen) atoms. The van der Waals surface area contributed by atoms with Crippen molar-refractivity contribution in [2.75, 3.05) is 0 Å². The Labute approximate surface area is 77.6 Å². The molecule has 0 aromatic carbocycles. The van der Waals surface area contributed by atoms with Crippen LogP contribution in [0.15, 0.2) is 11.4 Å². The smallest absolute Gasteiger partial charge is 0.0665 e. The maximum absolute atomic E-state index is 5.67. The Morgan fingerprint density at radius 1 is 1.67 bits per heavy atom. The molecule has 0 aliphatic carbocycles. The maximum Gasteiger partial charge on any atom is 0.0665 e. The van der Waals surface area contributed by atoms with Crippen molar-refractivity contribution in [3.8, 4) is 11.8 Å². The minimum atomic E-state index is 0.0179. The second kappa shape index (κ2) is 4.30. The molecule has 64 valence electrons. The lowest BCUT2D eigenvalue weighted by molar-refractivity contribution is 0.806. The molecule has 1 nitrogen and oxygen atoms in total. The Hall–Kier alpha value is -0.780. The highest BCUT2D eigenvalue weighted by atomic mass is 32.1. The van der Waals surface area contributed by atoms with Gasteiger partial charge in [0.2, 0.25) is 0 Å². The first-order chi connectivity index (χ1) is 5.74. The van der Waals surface area contributed by atoms with Gasteiger partial charge in [0, 0.05) is 10.4 Å². The third kappa shape index (κ3) is 2.37. The Kier molecular flexibility index (Phi) is 3.33. The first-order valence-electron chi connectivity index (χ1n) is 4.05. The van der Waals surface area contributed by atoms with Crippen LogP contribution < -0.4 is 5.73 Å². The van der Waals surface area contributed by atoms with Crippen molar-refractivity contribution in [3.05, 3.63) is 21.9 Å². The normalized spacial score (nSPS) is 11.9. The molecule has 0 saturated heterocycles. The summed E-state index contributed by atoms with van der Waals surface area (Å²) < 4.78 is 0. The Morgan fingerprint density at radius 3 is 2.92 bits per heavy atom. The second-order valence-electron chi connectivity index (χ2n) is 2.67. The number of aryl methyl sites for hydroxylation is 1. The van der Waals surface area contributed by atoms with E-state index < -0.39 is 0 Å². The van der Waals surface area contributed by atoms with E-state index in [2.05, 4.69) is 24.1 Å². The average molecular weight is 179 g/mol. The molecule has 0 spiro atoms. The standard InChI is InChI=1S/C10H13NS/c1-3-10(11)5-4-9-6-7-12-8(9)2/h6-7,10H,3,11H2,1-2H3. The predicted octanol–water partition coefficient (Wildman–Crippen LogP) is 2.15. The molecular weight excluding hydrogens is 166 g/mol. The average Bonchev–Trinajstić information content (AvgIpc) is 2.47. The number of thiophene rings is 1. The third-order valence-corrected chi connectivity index (χ3v) is 2.54. The number of hydrogen-bond acceptors (Lipinski definition) is 2. The Morgan fingerprint density at radius 2 is 2.42 bits per heavy atom. The SMILES string of the molecule is CCC(N)C#Cc1ccsc1C. The van der Waals surface area contributed by atoms with E-state index in [-0.39, 0.29) is 6.04 Å². The van der Waals surface area contributed by atoms with Gasteiger partial charge in [0.1, 0.15) is 0 Å². The van der Waals surface area contributed by atoms with Gasteiger partial charge in [0.05, 0.1) is 6.04 Å². The van der Waals surface area contributed by atoms with E-state index in [1.807, 2.05) is 13.0 Å². The zero-order valence-corrected chi connectivity index (χ0v) is 8.24. The van der Waals surface area contributed by atoms with Gasteiger partial charge in [-0.05, 0) is 24.8 Å². The summed E-state index contributed by atoms with van der Waals surface area (Å²) in [5.41, 5.74) is 6.78. The molecule has 0 aliphatic rings. The molecule has 0 radical (unpaired) electrons. The first-order valence-corrected chi connectivity index (χ1v) is 4.93. The van der Waals surface area contributed by atoms with Crippen molar-refractivity contribution in [2.24, 2.45) is 5.73 Å². The topological polar surface area (TPSA) is 26.0 Å². The molecular formula is C10H13NS. The summed E-state index contributed by atoms with van der Waals surface area (Å²) in [7, 11) is 0. The van der Waals surface area contributed by atoms with E-state index in [4.69, 9.17) is 5.73 Å². The summed E-state index contributed by atoms with van der Waals surface area (Å²) in [6.07, 6.45) is 0.913. The predicted molar refractivity (Wildman–Crippen MR) is 54.2 cm³/mol. The largest absolute Gasteiger partial charge is 0.318 e. The monoisotopic (exact) mass is 179 g/mol. The molecule has 2 heteroatoms. The fourth-order valence-corrected chi connectivity index (χ4v) is 1.44. The maximum atomic E-state index is 5.67. The summed E-state index contributed by atoms with van der Waals surface area (Å²) in [6.45, 7) is 4.12. The second-order valence-corrected chi connectivity index (χ2v) is 3.79. The fourth-order valence-electron chi connectivity index (χ4n) is 0.787. The van der Waals surface area contributed by atoms with Gasteiger partial charge in [-0.3, -0.25) is 0 Å². The Balaban J connectivity index is 2.72. The highest BCUT2D eigenvalue weighted by Gasteiger charge is 1.94. The van der Waals surface area contributed by atoms with Gasteiger partial charge in [-0.15, -0.1) is 11.3 Å². The number of nitrogens with two attached hydrogens (primary N) is 1. The van der Waals surface area contributed by atoms with Crippen LogP contribution in [0.4, 0.5) is 0 Å². The summed E-state index contributed by atoms with van der Waals surface area (Å²) in [4.78, 5) is 1.27. The summed E-state index contributed by atoms with van der Waals surface area (Å²) >= 11 is 1.72. The van der Waals surface area contributed by atoms with Crippen molar-refractivity contribution in [1.82, 2.24) is 0 Å². The van der Waals surface area contributed by atoms with Crippen molar-refractivity contribution in [1.29, 1.82) is 0 Å². The van der Waals surface area contributed by atoms with E-state index in [1.165, 1.54) is 4.88 Å². The van der Waals surface area contributed by atoms with Gasteiger partial charge in [0.25, 0.3) is 0 Å². The van der Waals surface area contributed by atoms with Gasteiger partial charge in [0.15, 0.2) is 0 Å². The van der Waals surface area contributed by atoms with Crippen LogP contribution in [0.25, 0.3) is 0 Å². The molecule has 0 amide bonds. The molecule has 2 N–H and O–H groups in total. The Bertz CT molecular complexity index is 303. The molecule has 1 aromatic heterocycles. The van der Waals surface area contributed by atoms with Gasteiger partial charge in [-0.2, -0.15) is 0 Å². The lowest BCUT2D eigenvalue weighted by atomic mass is 10.2. The van der Waals surface area contributed by atoms with Crippen molar-refractivity contribution < 1.29 is 0 Å².